The first kappa shape index (κ1) is 19.3. The zero-order valence-electron chi connectivity index (χ0n) is 14.5. The van der Waals surface area contributed by atoms with Gasteiger partial charge >= 0.3 is 5.97 Å². The average Bonchev–Trinajstić information content (AvgIpc) is 2.90. The summed E-state index contributed by atoms with van der Waals surface area (Å²) in [5.41, 5.74) is -0.430. The lowest BCUT2D eigenvalue weighted by Gasteiger charge is -2.34. The van der Waals surface area contributed by atoms with Gasteiger partial charge in [0.05, 0.1) is 5.92 Å². The number of carboxylic acids is 1. The number of aliphatic hydroxyl groups is 1. The molecule has 2 rings (SSSR count). The third kappa shape index (κ3) is 3.67. The van der Waals surface area contributed by atoms with Gasteiger partial charge in [0.15, 0.2) is 0 Å². The van der Waals surface area contributed by atoms with Gasteiger partial charge in [0, 0.05) is 19.2 Å². The molecular formula is C18H25FN2O4. The number of aliphatic hydroxyl groups excluding tert-OH is 1. The molecule has 1 fully saturated rings. The Balaban J connectivity index is 2.37. The second-order valence-corrected chi connectivity index (χ2v) is 6.48. The van der Waals surface area contributed by atoms with Crippen LogP contribution in [0.2, 0.25) is 0 Å². The molecule has 0 aromatic heterocycles. The molecule has 6 nitrogen and oxygen atoms in total. The lowest BCUT2D eigenvalue weighted by atomic mass is 9.87. The minimum absolute atomic E-state index is 0.0275. The summed E-state index contributed by atoms with van der Waals surface area (Å²) < 4.78 is 13.3. The van der Waals surface area contributed by atoms with E-state index in [0.717, 1.165) is 0 Å². The maximum absolute atomic E-state index is 13.3. The average molecular weight is 352 g/mol. The lowest BCUT2D eigenvalue weighted by molar-refractivity contribution is -0.150. The van der Waals surface area contributed by atoms with E-state index in [9.17, 15) is 19.1 Å². The van der Waals surface area contributed by atoms with Crippen molar-refractivity contribution < 1.29 is 24.2 Å². The Hall–Kier alpha value is -1.99. The fraction of sp³-hybridized carbons (Fsp3) is 0.556. The van der Waals surface area contributed by atoms with Crippen LogP contribution in [0.15, 0.2) is 24.3 Å². The van der Waals surface area contributed by atoms with Crippen molar-refractivity contribution in [1.82, 2.24) is 10.2 Å². The summed E-state index contributed by atoms with van der Waals surface area (Å²) in [5, 5.41) is 21.4. The SMILES string of the molecule is CC[C@]1(C(=O)O)C[C@@H](C(=O)NCCCO)[C@@H](c2ccc(F)cc2)N1C. The van der Waals surface area contributed by atoms with E-state index in [1.807, 2.05) is 0 Å². The Bertz CT molecular complexity index is 622. The van der Waals surface area contributed by atoms with Crippen molar-refractivity contribution in [1.29, 1.82) is 0 Å². The van der Waals surface area contributed by atoms with Crippen LogP contribution < -0.4 is 5.32 Å². The molecule has 1 aliphatic heterocycles. The summed E-state index contributed by atoms with van der Waals surface area (Å²) in [4.78, 5) is 26.3. The van der Waals surface area contributed by atoms with Gasteiger partial charge in [0.25, 0.3) is 0 Å². The third-order valence-corrected chi connectivity index (χ3v) is 5.20. The molecule has 1 heterocycles. The van der Waals surface area contributed by atoms with Crippen molar-refractivity contribution in [2.45, 2.75) is 37.8 Å². The fourth-order valence-electron chi connectivity index (χ4n) is 3.71. The minimum atomic E-state index is -1.14. The Morgan fingerprint density at radius 2 is 2.00 bits per heavy atom. The number of amides is 1. The number of hydrogen-bond acceptors (Lipinski definition) is 4. The Kier molecular flexibility index (Phi) is 6.13. The van der Waals surface area contributed by atoms with Gasteiger partial charge in [-0.1, -0.05) is 19.1 Å². The largest absolute Gasteiger partial charge is 0.480 e. The number of likely N-dealkylation sites (tertiary alicyclic amines) is 1. The summed E-state index contributed by atoms with van der Waals surface area (Å²) in [6.45, 7) is 2.09. The first-order valence-electron chi connectivity index (χ1n) is 8.47. The van der Waals surface area contributed by atoms with E-state index in [4.69, 9.17) is 5.11 Å². The van der Waals surface area contributed by atoms with Crippen molar-refractivity contribution in [3.05, 3.63) is 35.6 Å². The molecule has 0 unspecified atom stereocenters. The predicted octanol–water partition coefficient (Wildman–Crippen LogP) is 1.55. The van der Waals surface area contributed by atoms with Gasteiger partial charge in [0.1, 0.15) is 11.4 Å². The first-order valence-corrected chi connectivity index (χ1v) is 8.47. The molecule has 1 aliphatic rings. The molecule has 3 atom stereocenters. The highest BCUT2D eigenvalue weighted by Gasteiger charge is 2.56. The van der Waals surface area contributed by atoms with Crippen molar-refractivity contribution in [3.63, 3.8) is 0 Å². The minimum Gasteiger partial charge on any atom is -0.480 e. The maximum atomic E-state index is 13.3. The van der Waals surface area contributed by atoms with Crippen molar-refractivity contribution >= 4 is 11.9 Å². The van der Waals surface area contributed by atoms with Crippen LogP contribution >= 0.6 is 0 Å². The highest BCUT2D eigenvalue weighted by molar-refractivity contribution is 5.85. The summed E-state index contributed by atoms with van der Waals surface area (Å²) in [5.74, 6) is -2.15. The lowest BCUT2D eigenvalue weighted by Crippen LogP contribution is -2.48. The Morgan fingerprint density at radius 3 is 2.52 bits per heavy atom. The Labute approximate surface area is 146 Å². The molecule has 1 amide bonds. The molecule has 1 saturated heterocycles. The molecule has 1 aromatic rings. The van der Waals surface area contributed by atoms with E-state index >= 15 is 0 Å². The molecule has 0 aliphatic carbocycles. The van der Waals surface area contributed by atoms with E-state index < -0.39 is 23.5 Å². The predicted molar refractivity (Wildman–Crippen MR) is 90.4 cm³/mol. The number of carbonyl (C=O) groups excluding carboxylic acids is 1. The van der Waals surface area contributed by atoms with Crippen LogP contribution in [0.3, 0.4) is 0 Å². The van der Waals surface area contributed by atoms with Gasteiger partial charge in [-0.15, -0.1) is 0 Å². The van der Waals surface area contributed by atoms with Crippen LogP contribution in [0, 0.1) is 11.7 Å². The number of likely N-dealkylation sites (N-methyl/N-ethyl adjacent to an activating group) is 1. The highest BCUT2D eigenvalue weighted by atomic mass is 19.1. The smallest absolute Gasteiger partial charge is 0.324 e. The maximum Gasteiger partial charge on any atom is 0.324 e. The second kappa shape index (κ2) is 7.93. The fourth-order valence-corrected chi connectivity index (χ4v) is 3.71. The highest BCUT2D eigenvalue weighted by Crippen LogP contribution is 2.47. The number of carbonyl (C=O) groups is 2. The van der Waals surface area contributed by atoms with Crippen LogP contribution in [-0.4, -0.2) is 52.7 Å². The summed E-state index contributed by atoms with van der Waals surface area (Å²) in [6, 6.07) is 5.37. The zero-order valence-corrected chi connectivity index (χ0v) is 14.5. The summed E-state index contributed by atoms with van der Waals surface area (Å²) in [7, 11) is 1.70. The summed E-state index contributed by atoms with van der Waals surface area (Å²) in [6.07, 6.45) is 0.979. The van der Waals surface area contributed by atoms with E-state index in [1.165, 1.54) is 12.1 Å². The molecule has 0 saturated carbocycles. The standard InChI is InChI=1S/C18H25FN2O4/c1-3-18(17(24)25)11-14(16(23)20-9-4-10-22)15(21(18)2)12-5-7-13(19)8-6-12/h5-8,14-15,22H,3-4,9-11H2,1-2H3,(H,20,23)(H,24,25)/t14-,15-,18-/m1/s1. The molecule has 7 heteroatoms. The van der Waals surface area contributed by atoms with E-state index in [1.54, 1.807) is 31.0 Å². The molecule has 3 N–H and O–H groups in total. The molecule has 0 bridgehead atoms. The van der Waals surface area contributed by atoms with Gasteiger partial charge in [-0.3, -0.25) is 14.5 Å². The molecule has 25 heavy (non-hydrogen) atoms. The van der Waals surface area contributed by atoms with Crippen LogP contribution in [0.25, 0.3) is 0 Å². The number of aliphatic carboxylic acids is 1. The van der Waals surface area contributed by atoms with Gasteiger partial charge in [-0.05, 0) is 44.0 Å². The molecule has 0 spiro atoms. The van der Waals surface area contributed by atoms with E-state index in [0.29, 0.717) is 24.9 Å². The monoisotopic (exact) mass is 352 g/mol. The molecule has 138 valence electrons. The third-order valence-electron chi connectivity index (χ3n) is 5.20. The van der Waals surface area contributed by atoms with Crippen molar-refractivity contribution in [3.8, 4) is 0 Å². The van der Waals surface area contributed by atoms with Crippen LogP contribution in [-0.2, 0) is 9.59 Å². The number of benzene rings is 1. The number of halogens is 1. The number of hydrogen-bond donors (Lipinski definition) is 3. The topological polar surface area (TPSA) is 89.9 Å². The van der Waals surface area contributed by atoms with Gasteiger partial charge < -0.3 is 15.5 Å². The quantitative estimate of drug-likeness (QED) is 0.648. The normalized spacial score (nSPS) is 26.6. The van der Waals surface area contributed by atoms with Crippen LogP contribution in [0.5, 0.6) is 0 Å². The van der Waals surface area contributed by atoms with Crippen molar-refractivity contribution in [2.75, 3.05) is 20.2 Å². The number of nitrogens with zero attached hydrogens (tertiary/aromatic N) is 1. The van der Waals surface area contributed by atoms with Gasteiger partial charge in [-0.25, -0.2) is 4.39 Å². The van der Waals surface area contributed by atoms with Crippen LogP contribution in [0.4, 0.5) is 4.39 Å². The van der Waals surface area contributed by atoms with Crippen molar-refractivity contribution in [2.24, 2.45) is 5.92 Å². The Morgan fingerprint density at radius 1 is 1.36 bits per heavy atom. The number of rotatable bonds is 7. The number of nitrogens with one attached hydrogen (secondary N) is 1. The summed E-state index contributed by atoms with van der Waals surface area (Å²) >= 11 is 0. The number of carboxylic acid groups (broad SMARTS) is 1. The zero-order chi connectivity index (χ0) is 18.6. The molecule has 1 aromatic carbocycles. The van der Waals surface area contributed by atoms with E-state index in [-0.39, 0.29) is 24.8 Å². The second-order valence-electron chi connectivity index (χ2n) is 6.48. The van der Waals surface area contributed by atoms with E-state index in [2.05, 4.69) is 5.32 Å². The van der Waals surface area contributed by atoms with Gasteiger partial charge in [-0.2, -0.15) is 0 Å². The van der Waals surface area contributed by atoms with Gasteiger partial charge in [0.2, 0.25) is 5.91 Å². The first-order chi connectivity index (χ1) is 11.9. The van der Waals surface area contributed by atoms with Crippen LogP contribution in [0.1, 0.15) is 37.8 Å². The molecular weight excluding hydrogens is 327 g/mol. The molecule has 0 radical (unpaired) electrons.